The molecule has 0 rings (SSSR count). The highest BCUT2D eigenvalue weighted by atomic mass is 31.2. The molecule has 3 N–H and O–H groups in total. The lowest BCUT2D eigenvalue weighted by Gasteiger charge is -2.21. The number of rotatable bonds is 74. The van der Waals surface area contributed by atoms with Crippen molar-refractivity contribution >= 4 is 39.5 Å². The third-order valence-corrected chi connectivity index (χ3v) is 18.5. The molecule has 0 bridgehead atoms. The van der Waals surface area contributed by atoms with Gasteiger partial charge in [0.05, 0.1) is 26.4 Å². The monoisotopic (exact) mass is 1420 g/mol. The second-order valence-electron chi connectivity index (χ2n) is 26.3. The van der Waals surface area contributed by atoms with Gasteiger partial charge in [-0.1, -0.05) is 287 Å². The third-order valence-electron chi connectivity index (χ3n) is 16.6. The smallest absolute Gasteiger partial charge is 0.462 e. The Bertz CT molecular complexity index is 2140. The van der Waals surface area contributed by atoms with E-state index in [1.54, 1.807) is 0 Å². The van der Waals surface area contributed by atoms with E-state index < -0.39 is 97.5 Å². The number of aliphatic hydroxyl groups excluding tert-OH is 1. The molecule has 0 aliphatic rings. The summed E-state index contributed by atoms with van der Waals surface area (Å²) < 4.78 is 68.5. The van der Waals surface area contributed by atoms with Gasteiger partial charge < -0.3 is 33.8 Å². The van der Waals surface area contributed by atoms with Crippen LogP contribution in [0.15, 0.2) is 72.9 Å². The van der Waals surface area contributed by atoms with Crippen LogP contribution in [0, 0.1) is 0 Å². The Morgan fingerprint density at radius 1 is 0.286 bits per heavy atom. The zero-order chi connectivity index (χ0) is 71.8. The Morgan fingerprint density at radius 2 is 0.531 bits per heavy atom. The fourth-order valence-corrected chi connectivity index (χ4v) is 12.2. The van der Waals surface area contributed by atoms with Gasteiger partial charge in [-0.15, -0.1) is 0 Å². The quantitative estimate of drug-likeness (QED) is 0.0169. The van der Waals surface area contributed by atoms with E-state index in [1.807, 2.05) is 0 Å². The van der Waals surface area contributed by atoms with Crippen molar-refractivity contribution < 1.29 is 80.2 Å². The summed E-state index contributed by atoms with van der Waals surface area (Å²) in [7, 11) is -9.94. The van der Waals surface area contributed by atoms with E-state index in [0.29, 0.717) is 25.7 Å². The van der Waals surface area contributed by atoms with Crippen LogP contribution in [0.5, 0.6) is 0 Å². The molecule has 0 heterocycles. The van der Waals surface area contributed by atoms with Gasteiger partial charge in [0, 0.05) is 25.7 Å². The van der Waals surface area contributed by atoms with Gasteiger partial charge in [0.2, 0.25) is 0 Å². The van der Waals surface area contributed by atoms with E-state index in [2.05, 4.69) is 101 Å². The summed E-state index contributed by atoms with van der Waals surface area (Å²) in [6.07, 6.45) is 71.7. The van der Waals surface area contributed by atoms with Crippen LogP contribution in [0.2, 0.25) is 0 Å². The first-order valence-corrected chi connectivity index (χ1v) is 42.2. The molecule has 19 heteroatoms. The van der Waals surface area contributed by atoms with Gasteiger partial charge in [-0.2, -0.15) is 0 Å². The number of phosphoric ester groups is 2. The molecule has 0 fully saturated rings. The maximum absolute atomic E-state index is 13.1. The Balaban J connectivity index is 5.31. The fourth-order valence-electron chi connectivity index (χ4n) is 10.6. The highest BCUT2D eigenvalue weighted by Crippen LogP contribution is 2.45. The molecule has 0 amide bonds. The summed E-state index contributed by atoms with van der Waals surface area (Å²) in [5.74, 6) is -2.19. The van der Waals surface area contributed by atoms with E-state index in [-0.39, 0.29) is 25.7 Å². The number of ether oxygens (including phenoxy) is 4. The molecular weight excluding hydrogens is 1280 g/mol. The predicted molar refractivity (Wildman–Crippen MR) is 400 cm³/mol. The molecule has 0 radical (unpaired) electrons. The lowest BCUT2D eigenvalue weighted by atomic mass is 10.0. The first-order valence-electron chi connectivity index (χ1n) is 39.2. The summed E-state index contributed by atoms with van der Waals surface area (Å²) in [6.45, 7) is 4.75. The van der Waals surface area contributed by atoms with E-state index >= 15 is 0 Å². The van der Waals surface area contributed by atoms with Gasteiger partial charge in [-0.3, -0.25) is 37.3 Å². The molecule has 0 aromatic heterocycles. The zero-order valence-corrected chi connectivity index (χ0v) is 64.0. The van der Waals surface area contributed by atoms with Crippen LogP contribution in [0.4, 0.5) is 0 Å². The van der Waals surface area contributed by atoms with Crippen molar-refractivity contribution in [3.05, 3.63) is 72.9 Å². The molecule has 98 heavy (non-hydrogen) atoms. The lowest BCUT2D eigenvalue weighted by molar-refractivity contribution is -0.161. The molecule has 0 spiro atoms. The summed E-state index contributed by atoms with van der Waals surface area (Å²) in [6, 6.07) is 0. The van der Waals surface area contributed by atoms with Gasteiger partial charge in [0.1, 0.15) is 19.3 Å². The van der Waals surface area contributed by atoms with Crippen molar-refractivity contribution in [2.45, 2.75) is 367 Å². The number of allylic oxidation sites excluding steroid dienone is 12. The molecule has 5 atom stereocenters. The molecule has 0 saturated heterocycles. The van der Waals surface area contributed by atoms with Crippen molar-refractivity contribution in [1.82, 2.24) is 0 Å². The minimum Gasteiger partial charge on any atom is -0.462 e. The minimum atomic E-state index is -4.97. The van der Waals surface area contributed by atoms with Crippen LogP contribution in [0.3, 0.4) is 0 Å². The summed E-state index contributed by atoms with van der Waals surface area (Å²) in [5.41, 5.74) is 0. The van der Waals surface area contributed by atoms with Gasteiger partial charge in [0.15, 0.2) is 12.2 Å². The topological polar surface area (TPSA) is 237 Å². The number of hydrogen-bond donors (Lipinski definition) is 3. The van der Waals surface area contributed by atoms with Crippen molar-refractivity contribution in [2.24, 2.45) is 0 Å². The van der Waals surface area contributed by atoms with Crippen LogP contribution >= 0.6 is 15.6 Å². The highest BCUT2D eigenvalue weighted by Gasteiger charge is 2.30. The van der Waals surface area contributed by atoms with Crippen LogP contribution in [0.1, 0.15) is 349 Å². The minimum absolute atomic E-state index is 0.0838. The second kappa shape index (κ2) is 71.9. The molecule has 0 aromatic carbocycles. The highest BCUT2D eigenvalue weighted by molar-refractivity contribution is 7.47. The van der Waals surface area contributed by atoms with Gasteiger partial charge in [-0.05, 0) is 109 Å². The van der Waals surface area contributed by atoms with Crippen LogP contribution < -0.4 is 0 Å². The van der Waals surface area contributed by atoms with Crippen molar-refractivity contribution in [1.29, 1.82) is 0 Å². The molecule has 570 valence electrons. The molecule has 0 aromatic rings. The number of carbonyl (C=O) groups is 4. The molecular formula is C79H142O17P2. The average Bonchev–Trinajstić information content (AvgIpc) is 0.991. The maximum Gasteiger partial charge on any atom is 0.472 e. The van der Waals surface area contributed by atoms with Crippen LogP contribution in [0.25, 0.3) is 0 Å². The van der Waals surface area contributed by atoms with Gasteiger partial charge >= 0.3 is 39.5 Å². The van der Waals surface area contributed by atoms with E-state index in [0.717, 1.165) is 173 Å². The molecule has 0 aliphatic carbocycles. The van der Waals surface area contributed by atoms with Crippen molar-refractivity contribution in [2.75, 3.05) is 39.6 Å². The Labute approximate surface area is 596 Å². The lowest BCUT2D eigenvalue weighted by Crippen LogP contribution is -2.30. The Morgan fingerprint density at radius 3 is 0.867 bits per heavy atom. The predicted octanol–water partition coefficient (Wildman–Crippen LogP) is 22.4. The van der Waals surface area contributed by atoms with E-state index in [4.69, 9.17) is 37.0 Å². The van der Waals surface area contributed by atoms with Crippen LogP contribution in [-0.4, -0.2) is 96.7 Å². The molecule has 17 nitrogen and oxygen atoms in total. The first-order chi connectivity index (χ1) is 47.7. The molecule has 0 saturated carbocycles. The van der Waals surface area contributed by atoms with E-state index in [9.17, 15) is 43.2 Å². The maximum atomic E-state index is 13.1. The van der Waals surface area contributed by atoms with Crippen molar-refractivity contribution in [3.8, 4) is 0 Å². The number of esters is 4. The van der Waals surface area contributed by atoms with E-state index in [1.165, 1.54) is 96.3 Å². The normalized spacial score (nSPS) is 14.3. The van der Waals surface area contributed by atoms with Gasteiger partial charge in [0.25, 0.3) is 0 Å². The summed E-state index contributed by atoms with van der Waals surface area (Å²) in [5, 5.41) is 10.6. The largest absolute Gasteiger partial charge is 0.472 e. The number of hydrogen-bond acceptors (Lipinski definition) is 15. The van der Waals surface area contributed by atoms with Crippen molar-refractivity contribution in [3.63, 3.8) is 0 Å². The fraction of sp³-hybridized carbons (Fsp3) is 0.797. The molecule has 5 unspecified atom stereocenters. The zero-order valence-electron chi connectivity index (χ0n) is 62.2. The van der Waals surface area contributed by atoms with Gasteiger partial charge in [-0.25, -0.2) is 9.13 Å². The number of carbonyl (C=O) groups excluding carboxylic acids is 4. The SMILES string of the molecule is CCC/C=C\C/C=C\CCCCCCCC(=O)OCC(COP(=O)(O)OCC(O)COP(=O)(O)OCC(COC(=O)CCCCCCCC/C=C\C/C=C\C/C=C\CCCCC)OC(=O)CCCCCCCCCCCCCCCCC)OC(=O)CCCCCCC/C=C\CCCC. The second-order valence-corrected chi connectivity index (χ2v) is 29.2. The number of aliphatic hydroxyl groups is 1. The average molecular weight is 1430 g/mol. The summed E-state index contributed by atoms with van der Waals surface area (Å²) >= 11 is 0. The Hall–Kier alpha value is -3.50. The van der Waals surface area contributed by atoms with Crippen LogP contribution in [-0.2, 0) is 65.4 Å². The summed E-state index contributed by atoms with van der Waals surface area (Å²) in [4.78, 5) is 72.8. The number of phosphoric acid groups is 2. The molecule has 0 aliphatic heterocycles. The standard InChI is InChI=1S/C79H142O17P2/c1-5-9-13-17-21-25-29-32-34-35-36-37-39-41-45-48-52-56-60-64-77(82)90-70-75(96-79(84)66-62-58-54-50-46-42-38-33-30-26-22-18-14-10-6-2)72-94-98(87,88)92-68-73(80)67-91-97(85,86)93-71-74(95-78(83)65-61-57-53-49-43-28-24-20-16-12-8-4)69-89-76(81)63-59-55-51-47-44-40-31-27-23-19-15-11-7-3/h15,19-21,24-25,27,31-32,34,36-37,73-75,80H,5-14,16-18,22-23,26,28-30,33,35,38-72H2,1-4H3,(H,85,86)(H,87,88)/b19-15-,24-20-,25-21-,31-27-,34-32-,37-36-. The number of unbranched alkanes of at least 4 members (excludes halogenated alkanes) is 36. The Kier molecular flexibility index (Phi) is 69.3. The first kappa shape index (κ1) is 94.5. The third kappa shape index (κ3) is 70.9.